The number of carbonyl (C=O) groups is 1. The van der Waals surface area contributed by atoms with Gasteiger partial charge < -0.3 is 4.74 Å². The Bertz CT molecular complexity index is 449. The van der Waals surface area contributed by atoms with Gasteiger partial charge in [0.25, 0.3) is 0 Å². The molecule has 0 saturated heterocycles. The van der Waals surface area contributed by atoms with E-state index in [2.05, 4.69) is 11.6 Å². The molecule has 0 aromatic heterocycles. The molecule has 0 aromatic carbocycles. The van der Waals surface area contributed by atoms with Crippen LogP contribution in [-0.4, -0.2) is 32.3 Å². The maximum atomic E-state index is 12.4. The molecule has 110 valence electrons. The number of rotatable bonds is 7. The summed E-state index contributed by atoms with van der Waals surface area (Å²) in [7, 11) is -3.63. The van der Waals surface area contributed by atoms with E-state index in [1.54, 1.807) is 6.92 Å². The summed E-state index contributed by atoms with van der Waals surface area (Å²) in [6.45, 7) is 4.44. The average molecular weight is 289 g/mol. The van der Waals surface area contributed by atoms with Crippen molar-refractivity contribution in [3.8, 4) is 0 Å². The molecular weight excluding hydrogens is 266 g/mol. The Labute approximate surface area is 115 Å². The first-order chi connectivity index (χ1) is 8.91. The van der Waals surface area contributed by atoms with Gasteiger partial charge in [-0.2, -0.15) is 0 Å². The predicted octanol–water partition coefficient (Wildman–Crippen LogP) is 1.58. The Morgan fingerprint density at radius 2 is 1.84 bits per heavy atom. The molecule has 2 fully saturated rings. The zero-order valence-electron chi connectivity index (χ0n) is 11.7. The lowest BCUT2D eigenvalue weighted by Gasteiger charge is -2.38. The number of hydrogen-bond acceptors (Lipinski definition) is 4. The molecule has 2 aliphatic carbocycles. The second kappa shape index (κ2) is 5.05. The van der Waals surface area contributed by atoms with Crippen molar-refractivity contribution >= 4 is 16.0 Å². The van der Waals surface area contributed by atoms with Crippen LogP contribution in [0.2, 0.25) is 0 Å². The molecule has 0 heterocycles. The molecule has 1 N–H and O–H groups in total. The van der Waals surface area contributed by atoms with Gasteiger partial charge in [0.05, 0.1) is 6.61 Å². The Morgan fingerprint density at radius 3 is 2.21 bits per heavy atom. The SMILES string of the molecule is CCOC(=O)C1(S(=O)(=O)NCC2(CC)CC2)CCC1. The van der Waals surface area contributed by atoms with Crippen LogP contribution in [0.4, 0.5) is 0 Å². The fraction of sp³-hybridized carbons (Fsp3) is 0.923. The lowest BCUT2D eigenvalue weighted by Crippen LogP contribution is -2.58. The molecule has 2 aliphatic rings. The van der Waals surface area contributed by atoms with Crippen molar-refractivity contribution in [2.45, 2.75) is 57.1 Å². The van der Waals surface area contributed by atoms with Gasteiger partial charge in [-0.25, -0.2) is 13.1 Å². The number of hydrogen-bond donors (Lipinski definition) is 1. The predicted molar refractivity (Wildman–Crippen MR) is 72.1 cm³/mol. The van der Waals surface area contributed by atoms with E-state index in [1.807, 2.05) is 0 Å². The number of nitrogens with one attached hydrogen (secondary N) is 1. The Balaban J connectivity index is 2.06. The van der Waals surface area contributed by atoms with Gasteiger partial charge in [0, 0.05) is 6.54 Å². The largest absolute Gasteiger partial charge is 0.465 e. The first kappa shape index (κ1) is 14.8. The van der Waals surface area contributed by atoms with Crippen LogP contribution in [0.5, 0.6) is 0 Å². The lowest BCUT2D eigenvalue weighted by molar-refractivity contribution is -0.148. The van der Waals surface area contributed by atoms with Crippen LogP contribution in [0.15, 0.2) is 0 Å². The highest BCUT2D eigenvalue weighted by Crippen LogP contribution is 2.48. The van der Waals surface area contributed by atoms with E-state index < -0.39 is 20.7 Å². The normalized spacial score (nSPS) is 23.5. The molecule has 0 atom stereocenters. The summed E-state index contributed by atoms with van der Waals surface area (Å²) in [5.74, 6) is -0.588. The number of esters is 1. The van der Waals surface area contributed by atoms with Gasteiger partial charge in [-0.15, -0.1) is 0 Å². The van der Waals surface area contributed by atoms with Gasteiger partial charge in [-0.05, 0) is 50.9 Å². The molecule has 2 rings (SSSR count). The molecule has 19 heavy (non-hydrogen) atoms. The minimum atomic E-state index is -3.63. The third kappa shape index (κ3) is 2.52. The molecule has 6 heteroatoms. The summed E-state index contributed by atoms with van der Waals surface area (Å²) >= 11 is 0. The number of sulfonamides is 1. The van der Waals surface area contributed by atoms with Crippen LogP contribution in [0, 0.1) is 5.41 Å². The summed E-state index contributed by atoms with van der Waals surface area (Å²) in [5.41, 5.74) is 0.132. The average Bonchev–Trinajstić information content (AvgIpc) is 3.05. The highest BCUT2D eigenvalue weighted by Gasteiger charge is 2.57. The van der Waals surface area contributed by atoms with Crippen LogP contribution >= 0.6 is 0 Å². The van der Waals surface area contributed by atoms with Gasteiger partial charge in [0.15, 0.2) is 4.75 Å². The third-order valence-corrected chi connectivity index (χ3v) is 6.80. The first-order valence-corrected chi connectivity index (χ1v) is 8.56. The van der Waals surface area contributed by atoms with Gasteiger partial charge in [-0.3, -0.25) is 4.79 Å². The van der Waals surface area contributed by atoms with E-state index in [0.717, 1.165) is 25.7 Å². The Kier molecular flexibility index (Phi) is 3.93. The Morgan fingerprint density at radius 1 is 1.21 bits per heavy atom. The first-order valence-electron chi connectivity index (χ1n) is 7.08. The number of ether oxygens (including phenoxy) is 1. The van der Waals surface area contributed by atoms with Crippen molar-refractivity contribution in [3.63, 3.8) is 0 Å². The van der Waals surface area contributed by atoms with Gasteiger partial charge in [-0.1, -0.05) is 6.92 Å². The molecule has 0 spiro atoms. The standard InChI is InChI=1S/C13H23NO4S/c1-3-12(8-9-12)10-14-19(16,17)13(6-5-7-13)11(15)18-4-2/h14H,3-10H2,1-2H3. The van der Waals surface area contributed by atoms with Gasteiger partial charge >= 0.3 is 5.97 Å². The second-order valence-electron chi connectivity index (χ2n) is 5.75. The summed E-state index contributed by atoms with van der Waals surface area (Å²) in [6.07, 6.45) is 4.62. The monoisotopic (exact) mass is 289 g/mol. The molecule has 2 saturated carbocycles. The topological polar surface area (TPSA) is 72.5 Å². The van der Waals surface area contributed by atoms with E-state index in [0.29, 0.717) is 19.4 Å². The van der Waals surface area contributed by atoms with Crippen LogP contribution in [0.3, 0.4) is 0 Å². The fourth-order valence-corrected chi connectivity index (χ4v) is 4.44. The molecule has 0 radical (unpaired) electrons. The Hall–Kier alpha value is -0.620. The van der Waals surface area contributed by atoms with E-state index in [1.165, 1.54) is 0 Å². The molecule has 0 aliphatic heterocycles. The van der Waals surface area contributed by atoms with Crippen molar-refractivity contribution in [1.29, 1.82) is 0 Å². The van der Waals surface area contributed by atoms with E-state index >= 15 is 0 Å². The fourth-order valence-electron chi connectivity index (χ4n) is 2.56. The molecule has 0 unspecified atom stereocenters. The molecule has 5 nitrogen and oxygen atoms in total. The smallest absolute Gasteiger partial charge is 0.328 e. The van der Waals surface area contributed by atoms with Crippen LogP contribution in [0.25, 0.3) is 0 Å². The van der Waals surface area contributed by atoms with Crippen LogP contribution in [0.1, 0.15) is 52.4 Å². The lowest BCUT2D eigenvalue weighted by atomic mass is 9.84. The summed E-state index contributed by atoms with van der Waals surface area (Å²) in [4.78, 5) is 12.0. The highest BCUT2D eigenvalue weighted by molar-refractivity contribution is 7.91. The molecule has 0 aromatic rings. The van der Waals surface area contributed by atoms with Crippen LogP contribution < -0.4 is 4.72 Å². The van der Waals surface area contributed by atoms with Crippen LogP contribution in [-0.2, 0) is 19.6 Å². The summed E-state index contributed by atoms with van der Waals surface area (Å²) in [5, 5.41) is 0. The maximum absolute atomic E-state index is 12.4. The molecule has 0 bridgehead atoms. The van der Waals surface area contributed by atoms with E-state index in [-0.39, 0.29) is 12.0 Å². The zero-order valence-corrected chi connectivity index (χ0v) is 12.5. The minimum Gasteiger partial charge on any atom is -0.465 e. The van der Waals surface area contributed by atoms with Gasteiger partial charge in [0.1, 0.15) is 0 Å². The van der Waals surface area contributed by atoms with Crippen molar-refractivity contribution in [2.24, 2.45) is 5.41 Å². The molecular formula is C13H23NO4S. The molecule has 0 amide bonds. The quantitative estimate of drug-likeness (QED) is 0.722. The minimum absolute atomic E-state index is 0.132. The summed E-state index contributed by atoms with van der Waals surface area (Å²) < 4.78 is 31.1. The van der Waals surface area contributed by atoms with Gasteiger partial charge in [0.2, 0.25) is 10.0 Å². The van der Waals surface area contributed by atoms with E-state index in [9.17, 15) is 13.2 Å². The number of carbonyl (C=O) groups excluding carboxylic acids is 1. The van der Waals surface area contributed by atoms with E-state index in [4.69, 9.17) is 4.74 Å². The third-order valence-electron chi connectivity index (χ3n) is 4.67. The zero-order chi connectivity index (χ0) is 14.1. The highest BCUT2D eigenvalue weighted by atomic mass is 32.2. The van der Waals surface area contributed by atoms with Crippen molar-refractivity contribution in [3.05, 3.63) is 0 Å². The van der Waals surface area contributed by atoms with Crippen molar-refractivity contribution in [2.75, 3.05) is 13.2 Å². The second-order valence-corrected chi connectivity index (χ2v) is 7.82. The maximum Gasteiger partial charge on any atom is 0.328 e. The summed E-state index contributed by atoms with van der Waals surface area (Å²) in [6, 6.07) is 0. The van der Waals surface area contributed by atoms with Crippen molar-refractivity contribution in [1.82, 2.24) is 4.72 Å². The van der Waals surface area contributed by atoms with Crippen molar-refractivity contribution < 1.29 is 17.9 Å².